The SMILES string of the molecule is CC(C)CC(=O)N1CCc2nc(NC(=O)c3ccc4c(c3)CC(=O)N4)sc2C1. The van der Waals surface area contributed by atoms with Gasteiger partial charge < -0.3 is 10.2 Å². The molecule has 7 nitrogen and oxygen atoms in total. The number of carbonyl (C=O) groups is 3. The van der Waals surface area contributed by atoms with Gasteiger partial charge in [-0.1, -0.05) is 25.2 Å². The number of rotatable bonds is 4. The molecule has 0 unspecified atom stereocenters. The van der Waals surface area contributed by atoms with Crippen molar-refractivity contribution in [2.45, 2.75) is 39.7 Å². The molecule has 1 aromatic carbocycles. The number of hydrogen-bond donors (Lipinski definition) is 2. The van der Waals surface area contributed by atoms with Gasteiger partial charge in [-0.15, -0.1) is 0 Å². The van der Waals surface area contributed by atoms with Gasteiger partial charge in [0.05, 0.1) is 18.7 Å². The molecule has 2 N–H and O–H groups in total. The van der Waals surface area contributed by atoms with E-state index in [1.54, 1.807) is 18.2 Å². The van der Waals surface area contributed by atoms with Gasteiger partial charge in [-0.2, -0.15) is 0 Å². The highest BCUT2D eigenvalue weighted by molar-refractivity contribution is 7.15. The van der Waals surface area contributed by atoms with Gasteiger partial charge in [-0.3, -0.25) is 19.7 Å². The minimum atomic E-state index is -0.249. The first-order chi connectivity index (χ1) is 13.4. The number of carbonyl (C=O) groups excluding carboxylic acids is 3. The van der Waals surface area contributed by atoms with E-state index in [1.807, 2.05) is 18.7 Å². The van der Waals surface area contributed by atoms with Gasteiger partial charge >= 0.3 is 0 Å². The summed E-state index contributed by atoms with van der Waals surface area (Å²) in [6.07, 6.45) is 1.55. The molecule has 2 aromatic rings. The number of nitrogens with zero attached hydrogens (tertiary/aromatic N) is 2. The first-order valence-electron chi connectivity index (χ1n) is 9.39. The van der Waals surface area contributed by atoms with Crippen LogP contribution in [0.5, 0.6) is 0 Å². The Labute approximate surface area is 167 Å². The van der Waals surface area contributed by atoms with Crippen LogP contribution in [0.3, 0.4) is 0 Å². The lowest BCUT2D eigenvalue weighted by atomic mass is 10.1. The molecule has 28 heavy (non-hydrogen) atoms. The third-order valence-electron chi connectivity index (χ3n) is 4.88. The average molecular weight is 398 g/mol. The van der Waals surface area contributed by atoms with Crippen molar-refractivity contribution in [2.75, 3.05) is 17.2 Å². The highest BCUT2D eigenvalue weighted by Crippen LogP contribution is 2.30. The third-order valence-corrected chi connectivity index (χ3v) is 5.88. The smallest absolute Gasteiger partial charge is 0.257 e. The van der Waals surface area contributed by atoms with Crippen LogP contribution in [-0.4, -0.2) is 34.2 Å². The molecule has 1 aromatic heterocycles. The largest absolute Gasteiger partial charge is 0.337 e. The third kappa shape index (κ3) is 3.77. The van der Waals surface area contributed by atoms with Gasteiger partial charge in [0.25, 0.3) is 5.91 Å². The Morgan fingerprint density at radius 2 is 2.18 bits per heavy atom. The number of aromatic nitrogens is 1. The quantitative estimate of drug-likeness (QED) is 0.828. The van der Waals surface area contributed by atoms with Crippen molar-refractivity contribution in [1.29, 1.82) is 0 Å². The predicted molar refractivity (Wildman–Crippen MR) is 107 cm³/mol. The second kappa shape index (κ2) is 7.35. The molecule has 0 bridgehead atoms. The summed E-state index contributed by atoms with van der Waals surface area (Å²) < 4.78 is 0. The fourth-order valence-corrected chi connectivity index (χ4v) is 4.50. The first kappa shape index (κ1) is 18.6. The zero-order valence-corrected chi connectivity index (χ0v) is 16.7. The maximum Gasteiger partial charge on any atom is 0.257 e. The average Bonchev–Trinajstić information content (AvgIpc) is 3.20. The lowest BCUT2D eigenvalue weighted by Gasteiger charge is -2.26. The van der Waals surface area contributed by atoms with Gasteiger partial charge in [-0.25, -0.2) is 4.98 Å². The summed E-state index contributed by atoms with van der Waals surface area (Å²) in [5, 5.41) is 6.16. The van der Waals surface area contributed by atoms with Crippen LogP contribution in [0.15, 0.2) is 18.2 Å². The molecule has 8 heteroatoms. The van der Waals surface area contributed by atoms with Crippen LogP contribution in [0.25, 0.3) is 0 Å². The molecule has 0 fully saturated rings. The molecule has 0 spiro atoms. The van der Waals surface area contributed by atoms with Gasteiger partial charge in [0.2, 0.25) is 11.8 Å². The Balaban J connectivity index is 1.44. The van der Waals surface area contributed by atoms with E-state index < -0.39 is 0 Å². The van der Waals surface area contributed by atoms with E-state index in [9.17, 15) is 14.4 Å². The zero-order chi connectivity index (χ0) is 19.8. The molecule has 146 valence electrons. The number of hydrogen-bond acceptors (Lipinski definition) is 5. The predicted octanol–water partition coefficient (Wildman–Crippen LogP) is 2.82. The van der Waals surface area contributed by atoms with E-state index in [2.05, 4.69) is 15.6 Å². The number of anilines is 2. The highest BCUT2D eigenvalue weighted by atomic mass is 32.1. The molecule has 3 amide bonds. The van der Waals surface area contributed by atoms with Gasteiger partial charge in [0, 0.05) is 35.5 Å². The lowest BCUT2D eigenvalue weighted by Crippen LogP contribution is -2.36. The van der Waals surface area contributed by atoms with Crippen molar-refractivity contribution in [3.8, 4) is 0 Å². The lowest BCUT2D eigenvalue weighted by molar-refractivity contribution is -0.132. The Bertz CT molecular complexity index is 966. The van der Waals surface area contributed by atoms with Crippen LogP contribution in [-0.2, 0) is 29.0 Å². The number of benzene rings is 1. The van der Waals surface area contributed by atoms with Crippen molar-refractivity contribution in [1.82, 2.24) is 9.88 Å². The molecule has 2 aliphatic heterocycles. The minimum absolute atomic E-state index is 0.0586. The standard InChI is InChI=1S/C20H22N4O3S/c1-11(2)7-18(26)24-6-5-15-16(10-24)28-20(22-15)23-19(27)12-3-4-14-13(8-12)9-17(25)21-14/h3-4,8,11H,5-7,9-10H2,1-2H3,(H,21,25)(H,22,23,27). The second-order valence-corrected chi connectivity index (χ2v) is 8.69. The molecular weight excluding hydrogens is 376 g/mol. The van der Waals surface area contributed by atoms with Crippen molar-refractivity contribution < 1.29 is 14.4 Å². The molecule has 0 saturated carbocycles. The molecule has 2 aliphatic rings. The fourth-order valence-electron chi connectivity index (χ4n) is 3.48. The summed E-state index contributed by atoms with van der Waals surface area (Å²) in [6, 6.07) is 5.18. The van der Waals surface area contributed by atoms with E-state index in [4.69, 9.17) is 0 Å². The van der Waals surface area contributed by atoms with Crippen LogP contribution in [0.2, 0.25) is 0 Å². The van der Waals surface area contributed by atoms with E-state index in [0.29, 0.717) is 49.0 Å². The molecule has 3 heterocycles. The van der Waals surface area contributed by atoms with Crippen LogP contribution in [0.1, 0.15) is 46.8 Å². The van der Waals surface area contributed by atoms with Gasteiger partial charge in [0.1, 0.15) is 0 Å². The maximum absolute atomic E-state index is 12.6. The van der Waals surface area contributed by atoms with E-state index >= 15 is 0 Å². The summed E-state index contributed by atoms with van der Waals surface area (Å²) in [5.41, 5.74) is 3.04. The van der Waals surface area contributed by atoms with E-state index in [1.165, 1.54) is 11.3 Å². The summed E-state index contributed by atoms with van der Waals surface area (Å²) in [4.78, 5) is 43.8. The van der Waals surface area contributed by atoms with Crippen LogP contribution in [0.4, 0.5) is 10.8 Å². The van der Waals surface area contributed by atoms with Crippen molar-refractivity contribution in [3.05, 3.63) is 39.9 Å². The highest BCUT2D eigenvalue weighted by Gasteiger charge is 2.25. The maximum atomic E-state index is 12.6. The minimum Gasteiger partial charge on any atom is -0.337 e. The number of nitrogens with one attached hydrogen (secondary N) is 2. The van der Waals surface area contributed by atoms with Crippen LogP contribution in [0, 0.1) is 5.92 Å². The fraction of sp³-hybridized carbons (Fsp3) is 0.400. The zero-order valence-electron chi connectivity index (χ0n) is 15.9. The first-order valence-corrected chi connectivity index (χ1v) is 10.2. The van der Waals surface area contributed by atoms with Gasteiger partial charge in [0.15, 0.2) is 5.13 Å². The van der Waals surface area contributed by atoms with Crippen molar-refractivity contribution in [3.63, 3.8) is 0 Å². The summed E-state index contributed by atoms with van der Waals surface area (Å²) in [5.74, 6) is 0.196. The van der Waals surface area contributed by atoms with Crippen LogP contribution >= 0.6 is 11.3 Å². The summed E-state index contributed by atoms with van der Waals surface area (Å²) >= 11 is 1.42. The Kier molecular flexibility index (Phi) is 4.89. The van der Waals surface area contributed by atoms with Crippen molar-refractivity contribution >= 4 is 39.9 Å². The second-order valence-electron chi connectivity index (χ2n) is 7.60. The topological polar surface area (TPSA) is 91.4 Å². The molecule has 0 atom stereocenters. The molecule has 0 radical (unpaired) electrons. The monoisotopic (exact) mass is 398 g/mol. The van der Waals surface area contributed by atoms with Gasteiger partial charge in [-0.05, 0) is 29.7 Å². The summed E-state index contributed by atoms with van der Waals surface area (Å²) in [6.45, 7) is 5.31. The van der Waals surface area contributed by atoms with Crippen molar-refractivity contribution in [2.24, 2.45) is 5.92 Å². The summed E-state index contributed by atoms with van der Waals surface area (Å²) in [7, 11) is 0. The Morgan fingerprint density at radius 3 is 2.96 bits per heavy atom. The Hall–Kier alpha value is -2.74. The number of amides is 3. The Morgan fingerprint density at radius 1 is 1.36 bits per heavy atom. The van der Waals surface area contributed by atoms with E-state index in [0.717, 1.165) is 21.8 Å². The number of fused-ring (bicyclic) bond motifs is 2. The molecule has 0 saturated heterocycles. The van der Waals surface area contributed by atoms with Crippen LogP contribution < -0.4 is 10.6 Å². The molecule has 0 aliphatic carbocycles. The normalized spacial score (nSPS) is 15.2. The number of thiazole rings is 1. The molecular formula is C20H22N4O3S. The van der Waals surface area contributed by atoms with E-state index in [-0.39, 0.29) is 17.7 Å². The molecule has 4 rings (SSSR count).